The molecule has 4 heteroatoms. The Morgan fingerprint density at radius 2 is 1.90 bits per heavy atom. The van der Waals surface area contributed by atoms with Gasteiger partial charge in [-0.2, -0.15) is 0 Å². The maximum absolute atomic E-state index is 13.3. The second kappa shape index (κ2) is 7.55. The number of rotatable bonds is 6. The fraction of sp³-hybridized carbons (Fsp3) is 0.294. The Hall–Kier alpha value is -1.42. The van der Waals surface area contributed by atoms with Crippen molar-refractivity contribution in [2.75, 3.05) is 6.61 Å². The van der Waals surface area contributed by atoms with Gasteiger partial charge in [0.1, 0.15) is 5.82 Å². The molecule has 0 saturated heterocycles. The van der Waals surface area contributed by atoms with Gasteiger partial charge in [-0.05, 0) is 42.7 Å². The summed E-state index contributed by atoms with van der Waals surface area (Å²) in [6.07, 6.45) is 0.214. The van der Waals surface area contributed by atoms with Crippen molar-refractivity contribution >= 4 is 11.6 Å². The summed E-state index contributed by atoms with van der Waals surface area (Å²) in [5, 5.41) is 0.523. The first-order valence-corrected chi connectivity index (χ1v) is 7.35. The third-order valence-electron chi connectivity index (χ3n) is 3.33. The van der Waals surface area contributed by atoms with E-state index in [1.54, 1.807) is 6.07 Å². The van der Waals surface area contributed by atoms with Gasteiger partial charge in [-0.1, -0.05) is 41.9 Å². The number of ether oxygens (including phenoxy) is 1. The molecule has 2 aromatic rings. The topological polar surface area (TPSA) is 35.2 Å². The van der Waals surface area contributed by atoms with E-state index in [1.807, 2.05) is 37.3 Å². The van der Waals surface area contributed by atoms with Crippen molar-refractivity contribution in [1.29, 1.82) is 0 Å². The molecule has 0 heterocycles. The van der Waals surface area contributed by atoms with E-state index in [2.05, 4.69) is 0 Å². The predicted molar refractivity (Wildman–Crippen MR) is 83.9 cm³/mol. The van der Waals surface area contributed by atoms with E-state index >= 15 is 0 Å². The number of halogens is 2. The summed E-state index contributed by atoms with van der Waals surface area (Å²) in [5.74, 6) is -0.311. The molecule has 2 atom stereocenters. The van der Waals surface area contributed by atoms with Crippen molar-refractivity contribution in [2.45, 2.75) is 25.5 Å². The largest absolute Gasteiger partial charge is 0.372 e. The van der Waals surface area contributed by atoms with E-state index in [0.29, 0.717) is 23.6 Å². The summed E-state index contributed by atoms with van der Waals surface area (Å²) < 4.78 is 19.1. The molecular weight excluding hydrogens is 289 g/mol. The van der Waals surface area contributed by atoms with Crippen LogP contribution in [0.15, 0.2) is 48.5 Å². The fourth-order valence-electron chi connectivity index (χ4n) is 2.35. The van der Waals surface area contributed by atoms with Crippen LogP contribution in [0.5, 0.6) is 0 Å². The molecule has 0 aliphatic carbocycles. The highest BCUT2D eigenvalue weighted by atomic mass is 35.5. The summed E-state index contributed by atoms with van der Waals surface area (Å²) in [7, 11) is 0. The molecular formula is C17H19ClFNO. The molecule has 2 unspecified atom stereocenters. The van der Waals surface area contributed by atoms with Gasteiger partial charge in [0.25, 0.3) is 0 Å². The van der Waals surface area contributed by atoms with Gasteiger partial charge in [-0.25, -0.2) is 4.39 Å². The third kappa shape index (κ3) is 4.27. The van der Waals surface area contributed by atoms with Gasteiger partial charge in [0, 0.05) is 17.7 Å². The van der Waals surface area contributed by atoms with Gasteiger partial charge in [0.15, 0.2) is 0 Å². The van der Waals surface area contributed by atoms with Crippen LogP contribution >= 0.6 is 11.6 Å². The van der Waals surface area contributed by atoms with Crippen LogP contribution in [0.4, 0.5) is 4.39 Å². The van der Waals surface area contributed by atoms with Crippen LogP contribution < -0.4 is 5.73 Å². The van der Waals surface area contributed by atoms with Crippen LogP contribution in [-0.4, -0.2) is 12.6 Å². The molecule has 21 heavy (non-hydrogen) atoms. The number of nitrogens with two attached hydrogens (primary N) is 1. The predicted octanol–water partition coefficient (Wildman–Crippen LogP) is 4.13. The zero-order valence-electron chi connectivity index (χ0n) is 11.9. The first-order valence-electron chi connectivity index (χ1n) is 6.98. The Balaban J connectivity index is 2.19. The van der Waals surface area contributed by atoms with Crippen LogP contribution in [0.1, 0.15) is 24.2 Å². The number of benzene rings is 2. The van der Waals surface area contributed by atoms with E-state index in [9.17, 15) is 4.39 Å². The van der Waals surface area contributed by atoms with Crippen molar-refractivity contribution in [2.24, 2.45) is 5.73 Å². The monoisotopic (exact) mass is 307 g/mol. The second-order valence-corrected chi connectivity index (χ2v) is 5.30. The molecule has 2 aromatic carbocycles. The van der Waals surface area contributed by atoms with Crippen LogP contribution in [-0.2, 0) is 11.2 Å². The molecule has 0 amide bonds. The maximum atomic E-state index is 13.3. The lowest BCUT2D eigenvalue weighted by Crippen LogP contribution is -2.32. The molecule has 0 bridgehead atoms. The summed E-state index contributed by atoms with van der Waals surface area (Å²) in [6.45, 7) is 2.49. The van der Waals surface area contributed by atoms with Crippen molar-refractivity contribution in [3.8, 4) is 0 Å². The zero-order chi connectivity index (χ0) is 15.2. The SMILES string of the molecule is CCOC(c1ccccc1)C(N)Cc1cc(F)ccc1Cl. The molecule has 0 aliphatic heterocycles. The summed E-state index contributed by atoms with van der Waals surface area (Å²) in [5.41, 5.74) is 7.99. The van der Waals surface area contributed by atoms with E-state index in [1.165, 1.54) is 12.1 Å². The standard InChI is InChI=1S/C17H19ClFNO/c1-2-21-17(12-6-4-3-5-7-12)16(20)11-13-10-14(19)8-9-15(13)18/h3-10,16-17H,2,11,20H2,1H3. The van der Waals surface area contributed by atoms with Crippen LogP contribution in [0, 0.1) is 5.82 Å². The molecule has 2 nitrogen and oxygen atoms in total. The smallest absolute Gasteiger partial charge is 0.123 e. The van der Waals surface area contributed by atoms with Gasteiger partial charge in [0.05, 0.1) is 6.10 Å². The molecule has 2 N–H and O–H groups in total. The lowest BCUT2D eigenvalue weighted by atomic mass is 9.96. The lowest BCUT2D eigenvalue weighted by Gasteiger charge is -2.24. The Bertz CT molecular complexity index is 576. The van der Waals surface area contributed by atoms with Crippen molar-refractivity contribution in [3.05, 3.63) is 70.5 Å². The fourth-order valence-corrected chi connectivity index (χ4v) is 2.54. The molecule has 0 radical (unpaired) electrons. The second-order valence-electron chi connectivity index (χ2n) is 4.89. The minimum atomic E-state index is -0.311. The summed E-state index contributed by atoms with van der Waals surface area (Å²) >= 11 is 6.11. The first-order chi connectivity index (χ1) is 10.1. The molecule has 0 fully saturated rings. The van der Waals surface area contributed by atoms with Crippen LogP contribution in [0.3, 0.4) is 0 Å². The van der Waals surface area contributed by atoms with Gasteiger partial charge in [-0.15, -0.1) is 0 Å². The van der Waals surface area contributed by atoms with E-state index in [-0.39, 0.29) is 18.0 Å². The highest BCUT2D eigenvalue weighted by Crippen LogP contribution is 2.25. The number of hydrogen-bond acceptors (Lipinski definition) is 2. The van der Waals surface area contributed by atoms with E-state index in [4.69, 9.17) is 22.1 Å². The minimum absolute atomic E-state index is 0.240. The Kier molecular flexibility index (Phi) is 5.74. The van der Waals surface area contributed by atoms with Gasteiger partial charge >= 0.3 is 0 Å². The Morgan fingerprint density at radius 3 is 2.57 bits per heavy atom. The lowest BCUT2D eigenvalue weighted by molar-refractivity contribution is 0.0433. The van der Waals surface area contributed by atoms with Crippen molar-refractivity contribution in [1.82, 2.24) is 0 Å². The molecule has 0 saturated carbocycles. The average molecular weight is 308 g/mol. The molecule has 2 rings (SSSR count). The first kappa shape index (κ1) is 16.0. The minimum Gasteiger partial charge on any atom is -0.372 e. The summed E-state index contributed by atoms with van der Waals surface area (Å²) in [4.78, 5) is 0. The Labute approximate surface area is 129 Å². The quantitative estimate of drug-likeness (QED) is 0.871. The van der Waals surface area contributed by atoms with Crippen molar-refractivity contribution in [3.63, 3.8) is 0 Å². The van der Waals surface area contributed by atoms with Crippen molar-refractivity contribution < 1.29 is 9.13 Å². The molecule has 0 aromatic heterocycles. The molecule has 0 aliphatic rings. The zero-order valence-corrected chi connectivity index (χ0v) is 12.7. The normalized spacial score (nSPS) is 13.9. The highest BCUT2D eigenvalue weighted by Gasteiger charge is 2.21. The highest BCUT2D eigenvalue weighted by molar-refractivity contribution is 6.31. The van der Waals surface area contributed by atoms with Crippen LogP contribution in [0.25, 0.3) is 0 Å². The van der Waals surface area contributed by atoms with Gasteiger partial charge in [0.2, 0.25) is 0 Å². The average Bonchev–Trinajstić information content (AvgIpc) is 2.49. The Morgan fingerprint density at radius 1 is 1.19 bits per heavy atom. The molecule has 112 valence electrons. The molecule has 0 spiro atoms. The van der Waals surface area contributed by atoms with Gasteiger partial charge in [-0.3, -0.25) is 0 Å². The number of hydrogen-bond donors (Lipinski definition) is 1. The maximum Gasteiger partial charge on any atom is 0.123 e. The van der Waals surface area contributed by atoms with Gasteiger partial charge < -0.3 is 10.5 Å². The van der Waals surface area contributed by atoms with E-state index < -0.39 is 0 Å². The third-order valence-corrected chi connectivity index (χ3v) is 3.70. The van der Waals surface area contributed by atoms with E-state index in [0.717, 1.165) is 5.56 Å². The summed E-state index contributed by atoms with van der Waals surface area (Å²) in [6, 6.07) is 13.8. The van der Waals surface area contributed by atoms with Crippen LogP contribution in [0.2, 0.25) is 5.02 Å².